The Morgan fingerprint density at radius 2 is 1.75 bits per heavy atom. The summed E-state index contributed by atoms with van der Waals surface area (Å²) in [4.78, 5) is 27.3. The highest BCUT2D eigenvalue weighted by atomic mass is 79.9. The van der Waals surface area contributed by atoms with Gasteiger partial charge in [0.1, 0.15) is 11.4 Å². The first kappa shape index (κ1) is 14.2. The minimum Gasteiger partial charge on any atom is -0.464 e. The summed E-state index contributed by atoms with van der Waals surface area (Å²) in [5.41, 5.74) is 0.884. The lowest BCUT2D eigenvalue weighted by molar-refractivity contribution is 0.0594. The Morgan fingerprint density at radius 3 is 2.40 bits per heavy atom. The number of nitrogens with zero attached hydrogens (tertiary/aromatic N) is 1. The maximum absolute atomic E-state index is 12.0. The summed E-state index contributed by atoms with van der Waals surface area (Å²) in [6, 6.07) is 11.7. The van der Waals surface area contributed by atoms with E-state index in [1.165, 1.54) is 19.2 Å². The van der Waals surface area contributed by atoms with Crippen LogP contribution in [-0.2, 0) is 4.74 Å². The summed E-state index contributed by atoms with van der Waals surface area (Å²) in [6.45, 7) is 0. The monoisotopic (exact) mass is 334 g/mol. The number of methoxy groups -OCH3 is 1. The van der Waals surface area contributed by atoms with E-state index in [-0.39, 0.29) is 11.4 Å². The lowest BCUT2D eigenvalue weighted by atomic mass is 10.2. The van der Waals surface area contributed by atoms with Gasteiger partial charge in [-0.1, -0.05) is 22.0 Å². The largest absolute Gasteiger partial charge is 0.464 e. The number of esters is 1. The van der Waals surface area contributed by atoms with Gasteiger partial charge in [-0.15, -0.1) is 0 Å². The molecule has 0 saturated heterocycles. The zero-order valence-electron chi connectivity index (χ0n) is 10.6. The summed E-state index contributed by atoms with van der Waals surface area (Å²) >= 11 is 3.31. The SMILES string of the molecule is COC(=O)c1cccc(C(=O)Nc2ccc(Br)cc2)n1. The second-order valence-electron chi connectivity index (χ2n) is 3.86. The summed E-state index contributed by atoms with van der Waals surface area (Å²) in [6.07, 6.45) is 0. The van der Waals surface area contributed by atoms with Crippen LogP contribution in [0.3, 0.4) is 0 Å². The fourth-order valence-corrected chi connectivity index (χ4v) is 1.77. The predicted molar refractivity (Wildman–Crippen MR) is 77.7 cm³/mol. The van der Waals surface area contributed by atoms with Crippen molar-refractivity contribution < 1.29 is 14.3 Å². The van der Waals surface area contributed by atoms with Crippen molar-refractivity contribution in [3.05, 3.63) is 58.3 Å². The number of ether oxygens (including phenoxy) is 1. The molecule has 20 heavy (non-hydrogen) atoms. The molecule has 0 unspecified atom stereocenters. The number of aromatic nitrogens is 1. The molecule has 1 heterocycles. The smallest absolute Gasteiger partial charge is 0.356 e. The normalized spacial score (nSPS) is 9.90. The highest BCUT2D eigenvalue weighted by molar-refractivity contribution is 9.10. The van der Waals surface area contributed by atoms with E-state index in [9.17, 15) is 9.59 Å². The summed E-state index contributed by atoms with van der Waals surface area (Å²) in [5, 5.41) is 2.70. The van der Waals surface area contributed by atoms with Crippen molar-refractivity contribution in [1.82, 2.24) is 4.98 Å². The molecule has 0 aliphatic heterocycles. The van der Waals surface area contributed by atoms with Crippen molar-refractivity contribution in [2.24, 2.45) is 0 Å². The second kappa shape index (κ2) is 6.29. The lowest BCUT2D eigenvalue weighted by Crippen LogP contribution is -2.15. The molecular formula is C14H11BrN2O3. The number of nitrogens with one attached hydrogen (secondary N) is 1. The zero-order chi connectivity index (χ0) is 14.5. The van der Waals surface area contributed by atoms with Gasteiger partial charge in [-0.05, 0) is 36.4 Å². The van der Waals surface area contributed by atoms with Crippen LogP contribution in [0.4, 0.5) is 5.69 Å². The van der Waals surface area contributed by atoms with Crippen molar-refractivity contribution in [3.8, 4) is 0 Å². The predicted octanol–water partition coefficient (Wildman–Crippen LogP) is 2.88. The van der Waals surface area contributed by atoms with Crippen LogP contribution in [0, 0.1) is 0 Å². The van der Waals surface area contributed by atoms with Crippen molar-refractivity contribution in [1.29, 1.82) is 0 Å². The molecule has 102 valence electrons. The van der Waals surface area contributed by atoms with Gasteiger partial charge < -0.3 is 10.1 Å². The van der Waals surface area contributed by atoms with Crippen LogP contribution in [0.1, 0.15) is 21.0 Å². The Labute approximate surface area is 124 Å². The number of pyridine rings is 1. The van der Waals surface area contributed by atoms with Crippen LogP contribution in [0.5, 0.6) is 0 Å². The average molecular weight is 335 g/mol. The third kappa shape index (κ3) is 3.42. The Balaban J connectivity index is 2.17. The third-order valence-electron chi connectivity index (χ3n) is 2.48. The zero-order valence-corrected chi connectivity index (χ0v) is 12.2. The minimum atomic E-state index is -0.580. The van der Waals surface area contributed by atoms with E-state index in [4.69, 9.17) is 0 Å². The van der Waals surface area contributed by atoms with Crippen LogP contribution < -0.4 is 5.32 Å². The first-order chi connectivity index (χ1) is 9.60. The first-order valence-electron chi connectivity index (χ1n) is 5.72. The Bertz CT molecular complexity index is 641. The van der Waals surface area contributed by atoms with E-state index in [0.717, 1.165) is 4.47 Å². The number of benzene rings is 1. The van der Waals surface area contributed by atoms with Crippen LogP contribution in [-0.4, -0.2) is 24.0 Å². The van der Waals surface area contributed by atoms with Crippen LogP contribution in [0.2, 0.25) is 0 Å². The van der Waals surface area contributed by atoms with E-state index in [0.29, 0.717) is 5.69 Å². The van der Waals surface area contributed by atoms with E-state index >= 15 is 0 Å². The maximum atomic E-state index is 12.0. The maximum Gasteiger partial charge on any atom is 0.356 e. The Morgan fingerprint density at radius 1 is 1.10 bits per heavy atom. The Kier molecular flexibility index (Phi) is 4.47. The van der Waals surface area contributed by atoms with Gasteiger partial charge in [0.2, 0.25) is 0 Å². The highest BCUT2D eigenvalue weighted by Gasteiger charge is 2.12. The first-order valence-corrected chi connectivity index (χ1v) is 6.52. The fourth-order valence-electron chi connectivity index (χ4n) is 1.51. The molecule has 1 N–H and O–H groups in total. The van der Waals surface area contributed by atoms with Crippen LogP contribution in [0.15, 0.2) is 46.9 Å². The molecule has 6 heteroatoms. The van der Waals surface area contributed by atoms with E-state index in [1.54, 1.807) is 18.2 Å². The van der Waals surface area contributed by atoms with Crippen molar-refractivity contribution in [2.75, 3.05) is 12.4 Å². The molecule has 0 bridgehead atoms. The summed E-state index contributed by atoms with van der Waals surface area (Å²) < 4.78 is 5.48. The van der Waals surface area contributed by atoms with Crippen molar-refractivity contribution in [3.63, 3.8) is 0 Å². The van der Waals surface area contributed by atoms with E-state index in [2.05, 4.69) is 31.0 Å². The summed E-state index contributed by atoms with van der Waals surface area (Å²) in [5.74, 6) is -0.971. The van der Waals surface area contributed by atoms with Gasteiger partial charge >= 0.3 is 5.97 Å². The standard InChI is InChI=1S/C14H11BrN2O3/c1-20-14(19)12-4-2-3-11(17-12)13(18)16-10-7-5-9(15)6-8-10/h2-8H,1H3,(H,16,18). The van der Waals surface area contributed by atoms with Gasteiger partial charge in [0.15, 0.2) is 0 Å². The second-order valence-corrected chi connectivity index (χ2v) is 4.78. The molecule has 1 aromatic heterocycles. The molecular weight excluding hydrogens is 324 g/mol. The number of anilines is 1. The number of carbonyl (C=O) groups excluding carboxylic acids is 2. The van der Waals surface area contributed by atoms with E-state index in [1.807, 2.05) is 12.1 Å². The summed E-state index contributed by atoms with van der Waals surface area (Å²) in [7, 11) is 1.26. The van der Waals surface area contributed by atoms with Gasteiger partial charge in [0.25, 0.3) is 5.91 Å². The molecule has 0 aliphatic carbocycles. The lowest BCUT2D eigenvalue weighted by Gasteiger charge is -2.05. The highest BCUT2D eigenvalue weighted by Crippen LogP contribution is 2.14. The third-order valence-corrected chi connectivity index (χ3v) is 3.01. The molecule has 1 amide bonds. The van der Waals surface area contributed by atoms with Gasteiger partial charge in [0, 0.05) is 10.2 Å². The molecule has 0 spiro atoms. The number of carbonyl (C=O) groups is 2. The average Bonchev–Trinajstić information content (AvgIpc) is 2.49. The quantitative estimate of drug-likeness (QED) is 0.876. The number of hydrogen-bond donors (Lipinski definition) is 1. The molecule has 0 atom stereocenters. The fraction of sp³-hybridized carbons (Fsp3) is 0.0714. The molecule has 2 aromatic rings. The molecule has 0 saturated carbocycles. The van der Waals surface area contributed by atoms with Gasteiger partial charge in [-0.3, -0.25) is 4.79 Å². The molecule has 2 rings (SSSR count). The molecule has 0 aliphatic rings. The van der Waals surface area contributed by atoms with Crippen molar-refractivity contribution in [2.45, 2.75) is 0 Å². The molecule has 5 nitrogen and oxygen atoms in total. The van der Waals surface area contributed by atoms with E-state index < -0.39 is 11.9 Å². The Hall–Kier alpha value is -2.21. The van der Waals surface area contributed by atoms with Crippen LogP contribution >= 0.6 is 15.9 Å². The van der Waals surface area contributed by atoms with Gasteiger partial charge in [0.05, 0.1) is 7.11 Å². The van der Waals surface area contributed by atoms with Crippen molar-refractivity contribution >= 4 is 33.5 Å². The van der Waals surface area contributed by atoms with Gasteiger partial charge in [-0.25, -0.2) is 9.78 Å². The molecule has 1 aromatic carbocycles. The minimum absolute atomic E-state index is 0.0935. The molecule has 0 radical (unpaired) electrons. The number of halogens is 1. The number of rotatable bonds is 3. The van der Waals surface area contributed by atoms with Gasteiger partial charge in [-0.2, -0.15) is 0 Å². The molecule has 0 fully saturated rings. The topological polar surface area (TPSA) is 68.3 Å². The number of amides is 1. The van der Waals surface area contributed by atoms with Crippen LogP contribution in [0.25, 0.3) is 0 Å². The number of hydrogen-bond acceptors (Lipinski definition) is 4.